The Bertz CT molecular complexity index is 1140. The third kappa shape index (κ3) is 10.2. The highest BCUT2D eigenvalue weighted by molar-refractivity contribution is 14.1. The molecule has 2 rings (SSSR count). The van der Waals surface area contributed by atoms with E-state index in [0.717, 1.165) is 5.56 Å². The van der Waals surface area contributed by atoms with Crippen LogP contribution in [0.2, 0.25) is 5.02 Å². The zero-order chi connectivity index (χ0) is 27.4. The number of carbonyl (C=O) groups is 3. The fraction of sp³-hybridized carbons (Fsp3) is 0.360. The van der Waals surface area contributed by atoms with Crippen LogP contribution in [-0.4, -0.2) is 56.9 Å². The quantitative estimate of drug-likeness (QED) is 0.106. The number of nitrogens with zero attached hydrogens (tertiary/aromatic N) is 1. The molecule has 0 spiro atoms. The lowest BCUT2D eigenvalue weighted by molar-refractivity contribution is -0.139. The molecule has 3 N–H and O–H groups in total. The summed E-state index contributed by atoms with van der Waals surface area (Å²) in [6.07, 6.45) is 2.07. The van der Waals surface area contributed by atoms with Crippen molar-refractivity contribution in [3.8, 4) is 11.5 Å². The molecule has 0 heterocycles. The minimum Gasteiger partial charge on any atom is -0.493 e. The van der Waals surface area contributed by atoms with Crippen LogP contribution in [0.3, 0.4) is 0 Å². The number of hydrogen-bond acceptors (Lipinski definition) is 7. The number of amides is 3. The Hall–Kier alpha value is -2.90. The van der Waals surface area contributed by atoms with E-state index in [1.807, 2.05) is 43.4 Å². The van der Waals surface area contributed by atoms with Gasteiger partial charge in [0.2, 0.25) is 0 Å². The molecule has 2 aromatic rings. The lowest BCUT2D eigenvalue weighted by Gasteiger charge is -2.14. The summed E-state index contributed by atoms with van der Waals surface area (Å²) in [5.41, 5.74) is 4.13. The molecule has 10 nitrogen and oxygen atoms in total. The first kappa shape index (κ1) is 30.3. The number of ether oxygens (including phenoxy) is 3. The Labute approximate surface area is 234 Å². The number of halogens is 2. The number of hydrazone groups is 1. The molecule has 0 aliphatic rings. The molecule has 3 amide bonds. The van der Waals surface area contributed by atoms with Gasteiger partial charge in [0.15, 0.2) is 18.1 Å². The van der Waals surface area contributed by atoms with Gasteiger partial charge >= 0.3 is 11.8 Å². The van der Waals surface area contributed by atoms with E-state index in [-0.39, 0.29) is 18.6 Å². The van der Waals surface area contributed by atoms with Crippen LogP contribution in [0.4, 0.5) is 5.69 Å². The molecule has 0 aliphatic heterocycles. The lowest BCUT2D eigenvalue weighted by atomic mass is 10.2. The van der Waals surface area contributed by atoms with Crippen LogP contribution < -0.4 is 25.5 Å². The summed E-state index contributed by atoms with van der Waals surface area (Å²) in [6.45, 7) is 6.21. The predicted octanol–water partition coefficient (Wildman–Crippen LogP) is 3.66. The highest BCUT2D eigenvalue weighted by Crippen LogP contribution is 2.33. The first-order chi connectivity index (χ1) is 17.6. The number of carbonyl (C=O) groups excluding carboxylic acids is 3. The van der Waals surface area contributed by atoms with Crippen molar-refractivity contribution in [3.05, 3.63) is 50.1 Å². The van der Waals surface area contributed by atoms with Crippen LogP contribution in [0, 0.1) is 10.5 Å². The molecule has 0 bridgehead atoms. The molecule has 0 saturated carbocycles. The SMILES string of the molecule is COc1cc(/C=N\NC(=O)C(=O)NCCCOC(C)C)cc(I)c1OCC(=O)Nc1cccc(Cl)c1C. The van der Waals surface area contributed by atoms with Gasteiger partial charge < -0.3 is 24.8 Å². The van der Waals surface area contributed by atoms with E-state index in [9.17, 15) is 14.4 Å². The van der Waals surface area contributed by atoms with Gasteiger partial charge in [-0.05, 0) is 85.2 Å². The maximum Gasteiger partial charge on any atom is 0.329 e. The first-order valence-electron chi connectivity index (χ1n) is 11.4. The highest BCUT2D eigenvalue weighted by Gasteiger charge is 2.15. The van der Waals surface area contributed by atoms with E-state index < -0.39 is 11.8 Å². The molecule has 12 heteroatoms. The number of anilines is 1. The van der Waals surface area contributed by atoms with E-state index in [1.165, 1.54) is 13.3 Å². The Morgan fingerprint density at radius 3 is 2.65 bits per heavy atom. The van der Waals surface area contributed by atoms with Crippen LogP contribution >= 0.6 is 34.2 Å². The van der Waals surface area contributed by atoms with Gasteiger partial charge in [-0.2, -0.15) is 5.10 Å². The molecule has 0 aromatic heterocycles. The van der Waals surface area contributed by atoms with Crippen molar-refractivity contribution in [1.82, 2.24) is 10.7 Å². The number of hydrogen-bond donors (Lipinski definition) is 3. The Morgan fingerprint density at radius 2 is 1.95 bits per heavy atom. The normalized spacial score (nSPS) is 10.9. The van der Waals surface area contributed by atoms with Crippen molar-refractivity contribution in [2.75, 3.05) is 32.2 Å². The topological polar surface area (TPSA) is 127 Å². The second-order valence-corrected chi connectivity index (χ2v) is 9.58. The summed E-state index contributed by atoms with van der Waals surface area (Å²) in [4.78, 5) is 36.1. The van der Waals surface area contributed by atoms with Crippen molar-refractivity contribution in [2.24, 2.45) is 5.10 Å². The minimum atomic E-state index is -0.886. The standard InChI is InChI=1S/C25H30ClIN4O6/c1-15(2)36-10-6-9-28-24(33)25(34)31-29-13-17-11-19(27)23(21(12-17)35-4)37-14-22(32)30-20-8-5-7-18(26)16(20)3/h5,7-8,11-13,15H,6,9-10,14H2,1-4H3,(H,28,33)(H,30,32)(H,31,34)/b29-13-. The van der Waals surface area contributed by atoms with Gasteiger partial charge in [0.1, 0.15) is 0 Å². The predicted molar refractivity (Wildman–Crippen MR) is 150 cm³/mol. The van der Waals surface area contributed by atoms with Crippen LogP contribution in [0.1, 0.15) is 31.4 Å². The Balaban J connectivity index is 1.90. The van der Waals surface area contributed by atoms with E-state index in [0.29, 0.717) is 50.9 Å². The summed E-state index contributed by atoms with van der Waals surface area (Å²) in [6, 6.07) is 8.59. The number of benzene rings is 2. The van der Waals surface area contributed by atoms with Crippen LogP contribution in [-0.2, 0) is 19.1 Å². The summed E-state index contributed by atoms with van der Waals surface area (Å²) < 4.78 is 17.1. The molecule has 0 aliphatic carbocycles. The van der Waals surface area contributed by atoms with E-state index in [2.05, 4.69) is 21.2 Å². The van der Waals surface area contributed by atoms with Gasteiger partial charge in [-0.3, -0.25) is 14.4 Å². The van der Waals surface area contributed by atoms with Crippen LogP contribution in [0.15, 0.2) is 35.4 Å². The van der Waals surface area contributed by atoms with Gasteiger partial charge in [-0.25, -0.2) is 5.43 Å². The second-order valence-electron chi connectivity index (χ2n) is 8.01. The van der Waals surface area contributed by atoms with Gasteiger partial charge in [0, 0.05) is 23.9 Å². The van der Waals surface area contributed by atoms with Crippen molar-refractivity contribution in [3.63, 3.8) is 0 Å². The molecule has 37 heavy (non-hydrogen) atoms. The zero-order valence-corrected chi connectivity index (χ0v) is 23.9. The molecular formula is C25H30ClIN4O6. The molecule has 0 unspecified atom stereocenters. The zero-order valence-electron chi connectivity index (χ0n) is 21.0. The van der Waals surface area contributed by atoms with Crippen molar-refractivity contribution >= 4 is 63.8 Å². The van der Waals surface area contributed by atoms with E-state index in [4.69, 9.17) is 25.8 Å². The summed E-state index contributed by atoms with van der Waals surface area (Å²) >= 11 is 8.13. The lowest BCUT2D eigenvalue weighted by Crippen LogP contribution is -2.38. The monoisotopic (exact) mass is 644 g/mol. The summed E-state index contributed by atoms with van der Waals surface area (Å²) in [5.74, 6) is -1.29. The molecule has 0 saturated heterocycles. The highest BCUT2D eigenvalue weighted by atomic mass is 127. The number of methoxy groups -OCH3 is 1. The third-order valence-electron chi connectivity index (χ3n) is 4.78. The molecular weight excluding hydrogens is 615 g/mol. The average molecular weight is 645 g/mol. The Kier molecular flexibility index (Phi) is 12.6. The fourth-order valence-corrected chi connectivity index (χ4v) is 3.87. The first-order valence-corrected chi connectivity index (χ1v) is 12.9. The largest absolute Gasteiger partial charge is 0.493 e. The summed E-state index contributed by atoms with van der Waals surface area (Å²) in [5, 5.41) is 9.65. The summed E-state index contributed by atoms with van der Waals surface area (Å²) in [7, 11) is 1.47. The van der Waals surface area contributed by atoms with Crippen molar-refractivity contribution < 1.29 is 28.6 Å². The van der Waals surface area contributed by atoms with Gasteiger partial charge in [0.25, 0.3) is 5.91 Å². The maximum atomic E-state index is 12.4. The fourth-order valence-electron chi connectivity index (χ4n) is 2.91. The number of nitrogens with one attached hydrogen (secondary N) is 3. The van der Waals surface area contributed by atoms with Crippen molar-refractivity contribution in [1.29, 1.82) is 0 Å². The van der Waals surface area contributed by atoms with Gasteiger partial charge in [-0.15, -0.1) is 0 Å². The maximum absolute atomic E-state index is 12.4. The minimum absolute atomic E-state index is 0.110. The van der Waals surface area contributed by atoms with Gasteiger partial charge in [0.05, 0.1) is 23.0 Å². The molecule has 0 atom stereocenters. The van der Waals surface area contributed by atoms with Crippen molar-refractivity contribution in [2.45, 2.75) is 33.3 Å². The van der Waals surface area contributed by atoms with Crippen LogP contribution in [0.25, 0.3) is 0 Å². The number of rotatable bonds is 12. The average Bonchev–Trinajstić information content (AvgIpc) is 2.85. The molecule has 2 aromatic carbocycles. The Morgan fingerprint density at radius 1 is 1.19 bits per heavy atom. The second kappa shape index (κ2) is 15.4. The molecule has 0 fully saturated rings. The smallest absolute Gasteiger partial charge is 0.329 e. The molecule has 200 valence electrons. The van der Waals surface area contributed by atoms with E-state index in [1.54, 1.807) is 30.3 Å². The third-order valence-corrected chi connectivity index (χ3v) is 6.00. The van der Waals surface area contributed by atoms with Gasteiger partial charge in [-0.1, -0.05) is 17.7 Å². The van der Waals surface area contributed by atoms with Crippen LogP contribution in [0.5, 0.6) is 11.5 Å². The molecule has 0 radical (unpaired) electrons. The van der Waals surface area contributed by atoms with E-state index >= 15 is 0 Å².